The molecule has 0 bridgehead atoms. The Balaban J connectivity index is 2.06. The summed E-state index contributed by atoms with van der Waals surface area (Å²) in [5, 5.41) is 3.42. The van der Waals surface area contributed by atoms with Gasteiger partial charge in [0.1, 0.15) is 5.75 Å². The summed E-state index contributed by atoms with van der Waals surface area (Å²) >= 11 is 0. The SMILES string of the molecule is CC(NC1CCC1)c1ccccc1OC(F)F. The predicted octanol–water partition coefficient (Wildman–Crippen LogP) is 3.49. The maximum Gasteiger partial charge on any atom is 0.387 e. The van der Waals surface area contributed by atoms with Crippen molar-refractivity contribution in [1.82, 2.24) is 5.32 Å². The van der Waals surface area contributed by atoms with Crippen LogP contribution in [0.5, 0.6) is 5.75 Å². The molecule has 0 heterocycles. The molecule has 94 valence electrons. The van der Waals surface area contributed by atoms with Crippen LogP contribution in [-0.2, 0) is 0 Å². The van der Waals surface area contributed by atoms with E-state index in [4.69, 9.17) is 0 Å². The molecule has 2 rings (SSSR count). The van der Waals surface area contributed by atoms with Gasteiger partial charge in [-0.3, -0.25) is 0 Å². The lowest BCUT2D eigenvalue weighted by molar-refractivity contribution is -0.0507. The Morgan fingerprint density at radius 3 is 2.59 bits per heavy atom. The van der Waals surface area contributed by atoms with Crippen molar-refractivity contribution in [2.45, 2.75) is 44.9 Å². The van der Waals surface area contributed by atoms with Crippen LogP contribution >= 0.6 is 0 Å². The summed E-state index contributed by atoms with van der Waals surface area (Å²) in [4.78, 5) is 0. The average molecular weight is 241 g/mol. The van der Waals surface area contributed by atoms with Gasteiger partial charge < -0.3 is 10.1 Å². The lowest BCUT2D eigenvalue weighted by atomic mass is 9.91. The fourth-order valence-corrected chi connectivity index (χ4v) is 2.06. The third-order valence-corrected chi connectivity index (χ3v) is 3.19. The van der Waals surface area contributed by atoms with Gasteiger partial charge in [-0.15, -0.1) is 0 Å². The van der Waals surface area contributed by atoms with Crippen molar-refractivity contribution in [3.05, 3.63) is 29.8 Å². The monoisotopic (exact) mass is 241 g/mol. The number of nitrogens with one attached hydrogen (secondary N) is 1. The van der Waals surface area contributed by atoms with Gasteiger partial charge in [0, 0.05) is 17.6 Å². The molecule has 4 heteroatoms. The van der Waals surface area contributed by atoms with E-state index in [0.717, 1.165) is 5.56 Å². The molecule has 1 N–H and O–H groups in total. The van der Waals surface area contributed by atoms with Crippen molar-refractivity contribution in [3.63, 3.8) is 0 Å². The largest absolute Gasteiger partial charge is 0.434 e. The highest BCUT2D eigenvalue weighted by molar-refractivity contribution is 5.35. The van der Waals surface area contributed by atoms with Crippen molar-refractivity contribution in [2.24, 2.45) is 0 Å². The topological polar surface area (TPSA) is 21.3 Å². The summed E-state index contributed by atoms with van der Waals surface area (Å²) in [5.41, 5.74) is 0.791. The zero-order chi connectivity index (χ0) is 12.3. The molecule has 1 aromatic rings. The minimum absolute atomic E-state index is 0.0373. The highest BCUT2D eigenvalue weighted by Gasteiger charge is 2.21. The molecule has 1 aromatic carbocycles. The molecule has 0 saturated heterocycles. The van der Waals surface area contributed by atoms with Crippen molar-refractivity contribution in [1.29, 1.82) is 0 Å². The Kier molecular flexibility index (Phi) is 3.94. The van der Waals surface area contributed by atoms with Crippen LogP contribution in [0.15, 0.2) is 24.3 Å². The van der Waals surface area contributed by atoms with E-state index in [0.29, 0.717) is 6.04 Å². The standard InChI is InChI=1S/C13H17F2NO/c1-9(16-10-5-4-6-10)11-7-2-3-8-12(11)17-13(14)15/h2-3,7-10,13,16H,4-6H2,1H3. The minimum atomic E-state index is -2.77. The van der Waals surface area contributed by atoms with Gasteiger partial charge in [-0.2, -0.15) is 8.78 Å². The van der Waals surface area contributed by atoms with Gasteiger partial charge in [-0.05, 0) is 25.8 Å². The van der Waals surface area contributed by atoms with Gasteiger partial charge in [0.05, 0.1) is 0 Å². The molecule has 0 aliphatic heterocycles. The molecule has 1 saturated carbocycles. The molecule has 0 aromatic heterocycles. The summed E-state index contributed by atoms with van der Waals surface area (Å²) in [7, 11) is 0. The van der Waals surface area contributed by atoms with Gasteiger partial charge in [0.25, 0.3) is 0 Å². The summed E-state index contributed by atoms with van der Waals surface area (Å²) in [5.74, 6) is 0.266. The van der Waals surface area contributed by atoms with E-state index in [-0.39, 0.29) is 11.8 Å². The first kappa shape index (κ1) is 12.3. The Bertz CT molecular complexity index is 366. The molecule has 1 fully saturated rings. The summed E-state index contributed by atoms with van der Waals surface area (Å²) in [6, 6.07) is 7.51. The first-order valence-electron chi connectivity index (χ1n) is 5.96. The highest BCUT2D eigenvalue weighted by Crippen LogP contribution is 2.29. The van der Waals surface area contributed by atoms with E-state index in [1.807, 2.05) is 19.1 Å². The number of hydrogen-bond donors (Lipinski definition) is 1. The first-order valence-corrected chi connectivity index (χ1v) is 5.96. The predicted molar refractivity (Wildman–Crippen MR) is 62.3 cm³/mol. The van der Waals surface area contributed by atoms with Crippen LogP contribution in [-0.4, -0.2) is 12.7 Å². The molecule has 2 nitrogen and oxygen atoms in total. The number of halogens is 2. The lowest BCUT2D eigenvalue weighted by Crippen LogP contribution is -2.36. The molecule has 0 amide bonds. The zero-order valence-corrected chi connectivity index (χ0v) is 9.83. The number of alkyl halides is 2. The Hall–Kier alpha value is -1.16. The number of hydrogen-bond acceptors (Lipinski definition) is 2. The molecule has 0 radical (unpaired) electrons. The van der Waals surface area contributed by atoms with Crippen molar-refractivity contribution in [2.75, 3.05) is 0 Å². The van der Waals surface area contributed by atoms with Crippen LogP contribution in [0.4, 0.5) is 8.78 Å². The molecule has 1 atom stereocenters. The maximum absolute atomic E-state index is 12.3. The van der Waals surface area contributed by atoms with Crippen molar-refractivity contribution in [3.8, 4) is 5.75 Å². The van der Waals surface area contributed by atoms with E-state index in [1.54, 1.807) is 12.1 Å². The second-order valence-electron chi connectivity index (χ2n) is 4.43. The normalized spacial score (nSPS) is 17.9. The fraction of sp³-hybridized carbons (Fsp3) is 0.538. The Morgan fingerprint density at radius 2 is 2.00 bits per heavy atom. The molecule has 1 aliphatic carbocycles. The number of rotatable bonds is 5. The summed E-state index contributed by atoms with van der Waals surface area (Å²) in [6.45, 7) is -0.793. The summed E-state index contributed by atoms with van der Waals surface area (Å²) in [6.07, 6.45) is 3.59. The van der Waals surface area contributed by atoms with Crippen molar-refractivity contribution >= 4 is 0 Å². The molecule has 1 aliphatic rings. The van der Waals surface area contributed by atoms with Crippen LogP contribution in [0, 0.1) is 0 Å². The Morgan fingerprint density at radius 1 is 1.29 bits per heavy atom. The summed E-state index contributed by atoms with van der Waals surface area (Å²) < 4.78 is 29.0. The maximum atomic E-state index is 12.3. The van der Waals surface area contributed by atoms with Crippen LogP contribution in [0.2, 0.25) is 0 Å². The number of benzene rings is 1. The van der Waals surface area contributed by atoms with E-state index in [9.17, 15) is 8.78 Å². The highest BCUT2D eigenvalue weighted by atomic mass is 19.3. The second-order valence-corrected chi connectivity index (χ2v) is 4.43. The Labute approximate surface area is 100.0 Å². The van der Waals surface area contributed by atoms with Crippen LogP contribution in [0.3, 0.4) is 0 Å². The third-order valence-electron chi connectivity index (χ3n) is 3.19. The van der Waals surface area contributed by atoms with Crippen LogP contribution in [0.25, 0.3) is 0 Å². The third kappa shape index (κ3) is 3.16. The van der Waals surface area contributed by atoms with Gasteiger partial charge in [0.15, 0.2) is 0 Å². The molecule has 17 heavy (non-hydrogen) atoms. The smallest absolute Gasteiger partial charge is 0.387 e. The van der Waals surface area contributed by atoms with Gasteiger partial charge in [-0.1, -0.05) is 24.6 Å². The zero-order valence-electron chi connectivity index (χ0n) is 9.83. The number of ether oxygens (including phenoxy) is 1. The molecule has 1 unspecified atom stereocenters. The van der Waals surface area contributed by atoms with E-state index >= 15 is 0 Å². The number of para-hydroxylation sites is 1. The first-order chi connectivity index (χ1) is 8.16. The quantitative estimate of drug-likeness (QED) is 0.852. The van der Waals surface area contributed by atoms with E-state index in [1.165, 1.54) is 19.3 Å². The minimum Gasteiger partial charge on any atom is -0.434 e. The van der Waals surface area contributed by atoms with Gasteiger partial charge in [0.2, 0.25) is 0 Å². The average Bonchev–Trinajstić information content (AvgIpc) is 2.23. The van der Waals surface area contributed by atoms with E-state index < -0.39 is 6.61 Å². The van der Waals surface area contributed by atoms with Crippen molar-refractivity contribution < 1.29 is 13.5 Å². The van der Waals surface area contributed by atoms with Gasteiger partial charge >= 0.3 is 6.61 Å². The van der Waals surface area contributed by atoms with Crippen LogP contribution < -0.4 is 10.1 Å². The molecular weight excluding hydrogens is 224 g/mol. The fourth-order valence-electron chi connectivity index (χ4n) is 2.06. The van der Waals surface area contributed by atoms with Gasteiger partial charge in [-0.25, -0.2) is 0 Å². The molecule has 0 spiro atoms. The molecular formula is C13H17F2NO. The van der Waals surface area contributed by atoms with Crippen LogP contribution in [0.1, 0.15) is 37.8 Å². The lowest BCUT2D eigenvalue weighted by Gasteiger charge is -2.30. The second kappa shape index (κ2) is 5.45. The van der Waals surface area contributed by atoms with E-state index in [2.05, 4.69) is 10.1 Å².